The molecule has 0 radical (unpaired) electrons. The summed E-state index contributed by atoms with van der Waals surface area (Å²) in [5.41, 5.74) is 2.24. The molecule has 1 saturated heterocycles. The summed E-state index contributed by atoms with van der Waals surface area (Å²) in [7, 11) is -3.70. The van der Waals surface area contributed by atoms with E-state index in [1.54, 1.807) is 24.3 Å². The minimum Gasteiger partial charge on any atom is -0.314 e. The lowest BCUT2D eigenvalue weighted by Crippen LogP contribution is -2.48. The molecule has 3 aromatic rings. The van der Waals surface area contributed by atoms with Crippen molar-refractivity contribution in [2.75, 3.05) is 26.2 Å². The summed E-state index contributed by atoms with van der Waals surface area (Å²) < 4.78 is 29.4. The van der Waals surface area contributed by atoms with Crippen molar-refractivity contribution in [3.63, 3.8) is 0 Å². The molecule has 1 heterocycles. The number of rotatable bonds is 4. The highest BCUT2D eigenvalue weighted by molar-refractivity contribution is 7.89. The maximum Gasteiger partial charge on any atom is 0.241 e. The van der Waals surface area contributed by atoms with E-state index in [0.717, 1.165) is 37.1 Å². The van der Waals surface area contributed by atoms with E-state index in [1.807, 2.05) is 12.1 Å². The highest BCUT2D eigenvalue weighted by Crippen LogP contribution is 2.47. The maximum atomic E-state index is 13.2. The standard InChI is InChI=1S/C22H22ClN3O2S/c23-16-7-9-17(10-8-16)29(27,28)25-21-18-5-1-3-15-4-2-6-19(20(15)18)22(21)26-13-11-24-12-14-26/h1-10,21-22,24-25H,11-14H2/t21-,22-/m1/s1. The van der Waals surface area contributed by atoms with Gasteiger partial charge in [0.05, 0.1) is 17.0 Å². The molecule has 5 nitrogen and oxygen atoms in total. The molecule has 5 rings (SSSR count). The topological polar surface area (TPSA) is 61.4 Å². The molecule has 2 N–H and O–H groups in total. The summed E-state index contributed by atoms with van der Waals surface area (Å²) in [6.07, 6.45) is 0. The number of nitrogens with one attached hydrogen (secondary N) is 2. The molecular formula is C22H22ClN3O2S. The zero-order valence-corrected chi connectivity index (χ0v) is 17.4. The van der Waals surface area contributed by atoms with E-state index in [9.17, 15) is 8.42 Å². The Morgan fingerprint density at radius 1 is 0.931 bits per heavy atom. The number of hydrogen-bond acceptors (Lipinski definition) is 4. The molecule has 0 unspecified atom stereocenters. The third kappa shape index (κ3) is 3.35. The van der Waals surface area contributed by atoms with Gasteiger partial charge in [-0.3, -0.25) is 4.90 Å². The zero-order chi connectivity index (χ0) is 20.0. The van der Waals surface area contributed by atoms with Crippen molar-refractivity contribution in [2.24, 2.45) is 0 Å². The SMILES string of the molecule is O=S(=O)(N[C@@H]1c2cccc3cccc(c23)[C@H]1N1CCNCC1)c1ccc(Cl)cc1. The second-order valence-corrected chi connectivity index (χ2v) is 9.73. The fourth-order valence-corrected chi connectivity index (χ4v) is 5.95. The second kappa shape index (κ2) is 7.38. The van der Waals surface area contributed by atoms with Gasteiger partial charge < -0.3 is 5.32 Å². The Balaban J connectivity index is 1.60. The Morgan fingerprint density at radius 2 is 1.59 bits per heavy atom. The summed E-state index contributed by atoms with van der Waals surface area (Å²) in [5, 5.41) is 6.22. The molecule has 0 bridgehead atoms. The predicted molar refractivity (Wildman–Crippen MR) is 116 cm³/mol. The van der Waals surface area contributed by atoms with Crippen molar-refractivity contribution in [1.82, 2.24) is 14.9 Å². The summed E-state index contributed by atoms with van der Waals surface area (Å²) >= 11 is 5.94. The Labute approximate surface area is 175 Å². The molecule has 1 aliphatic heterocycles. The van der Waals surface area contributed by atoms with Gasteiger partial charge in [0.15, 0.2) is 0 Å². The highest BCUT2D eigenvalue weighted by Gasteiger charge is 2.40. The van der Waals surface area contributed by atoms with E-state index in [4.69, 9.17) is 11.6 Å². The molecule has 29 heavy (non-hydrogen) atoms. The zero-order valence-electron chi connectivity index (χ0n) is 15.8. The van der Waals surface area contributed by atoms with Gasteiger partial charge in [0.25, 0.3) is 0 Å². The van der Waals surface area contributed by atoms with Crippen LogP contribution in [0.25, 0.3) is 10.8 Å². The van der Waals surface area contributed by atoms with Gasteiger partial charge in [0.1, 0.15) is 0 Å². The van der Waals surface area contributed by atoms with Crippen molar-refractivity contribution < 1.29 is 8.42 Å². The number of sulfonamides is 1. The van der Waals surface area contributed by atoms with Crippen LogP contribution in [0.2, 0.25) is 5.02 Å². The molecule has 7 heteroatoms. The molecule has 0 saturated carbocycles. The number of nitrogens with zero attached hydrogens (tertiary/aromatic N) is 1. The lowest BCUT2D eigenvalue weighted by molar-refractivity contribution is 0.152. The number of piperazine rings is 1. The summed E-state index contributed by atoms with van der Waals surface area (Å²) in [5.74, 6) is 0. The van der Waals surface area contributed by atoms with E-state index in [2.05, 4.69) is 39.2 Å². The van der Waals surface area contributed by atoms with Crippen LogP contribution in [0.4, 0.5) is 0 Å². The summed E-state index contributed by atoms with van der Waals surface area (Å²) in [4.78, 5) is 2.62. The molecule has 0 aromatic heterocycles. The normalized spacial score (nSPS) is 22.2. The van der Waals surface area contributed by atoms with Crippen molar-refractivity contribution in [3.8, 4) is 0 Å². The van der Waals surface area contributed by atoms with Crippen LogP contribution < -0.4 is 10.0 Å². The van der Waals surface area contributed by atoms with E-state index >= 15 is 0 Å². The molecule has 3 aromatic carbocycles. The third-order valence-corrected chi connectivity index (χ3v) is 7.60. The van der Waals surface area contributed by atoms with Crippen LogP contribution in [-0.4, -0.2) is 39.5 Å². The minimum absolute atomic E-state index is 0.0275. The highest BCUT2D eigenvalue weighted by atomic mass is 35.5. The monoisotopic (exact) mass is 427 g/mol. The average Bonchev–Trinajstić information content (AvgIpc) is 3.04. The minimum atomic E-state index is -3.70. The average molecular weight is 428 g/mol. The van der Waals surface area contributed by atoms with Crippen molar-refractivity contribution in [1.29, 1.82) is 0 Å². The molecule has 2 atom stereocenters. The first-order valence-corrected chi connectivity index (χ1v) is 11.6. The van der Waals surface area contributed by atoms with Crippen LogP contribution in [0.15, 0.2) is 65.6 Å². The fraction of sp³-hybridized carbons (Fsp3) is 0.273. The Morgan fingerprint density at radius 3 is 2.28 bits per heavy atom. The molecule has 1 fully saturated rings. The first-order chi connectivity index (χ1) is 14.0. The number of halogens is 1. The van der Waals surface area contributed by atoms with Crippen molar-refractivity contribution in [2.45, 2.75) is 17.0 Å². The van der Waals surface area contributed by atoms with Crippen LogP contribution in [0, 0.1) is 0 Å². The van der Waals surface area contributed by atoms with E-state index < -0.39 is 10.0 Å². The lowest BCUT2D eigenvalue weighted by atomic mass is 10.0. The fourth-order valence-electron chi connectivity index (χ4n) is 4.60. The van der Waals surface area contributed by atoms with Crippen LogP contribution >= 0.6 is 11.6 Å². The number of benzene rings is 3. The van der Waals surface area contributed by atoms with Crippen LogP contribution in [0.1, 0.15) is 23.2 Å². The van der Waals surface area contributed by atoms with Gasteiger partial charge in [0, 0.05) is 31.2 Å². The van der Waals surface area contributed by atoms with E-state index in [0.29, 0.717) is 5.02 Å². The lowest BCUT2D eigenvalue weighted by Gasteiger charge is -2.37. The van der Waals surface area contributed by atoms with Gasteiger partial charge in [-0.1, -0.05) is 48.0 Å². The first-order valence-electron chi connectivity index (χ1n) is 9.79. The molecular weight excluding hydrogens is 406 g/mol. The van der Waals surface area contributed by atoms with Crippen LogP contribution in [-0.2, 0) is 10.0 Å². The molecule has 1 aliphatic carbocycles. The van der Waals surface area contributed by atoms with Gasteiger partial charge in [0.2, 0.25) is 10.0 Å². The third-order valence-electron chi connectivity index (χ3n) is 5.89. The van der Waals surface area contributed by atoms with Gasteiger partial charge >= 0.3 is 0 Å². The maximum absolute atomic E-state index is 13.2. The van der Waals surface area contributed by atoms with Crippen molar-refractivity contribution >= 4 is 32.4 Å². The number of hydrogen-bond donors (Lipinski definition) is 2. The van der Waals surface area contributed by atoms with Gasteiger partial charge in [-0.25, -0.2) is 13.1 Å². The van der Waals surface area contributed by atoms with Gasteiger partial charge in [-0.2, -0.15) is 0 Å². The Bertz CT molecular complexity index is 1150. The first kappa shape index (κ1) is 19.0. The van der Waals surface area contributed by atoms with E-state index in [-0.39, 0.29) is 17.0 Å². The summed E-state index contributed by atoms with van der Waals surface area (Å²) in [6, 6.07) is 18.4. The largest absolute Gasteiger partial charge is 0.314 e. The Hall–Kier alpha value is -1.96. The smallest absolute Gasteiger partial charge is 0.241 e. The molecule has 0 spiro atoms. The molecule has 0 amide bonds. The quantitative estimate of drug-likeness (QED) is 0.669. The predicted octanol–water partition coefficient (Wildman–Crippen LogP) is 3.47. The van der Waals surface area contributed by atoms with Crippen LogP contribution in [0.5, 0.6) is 0 Å². The molecule has 2 aliphatic rings. The van der Waals surface area contributed by atoms with E-state index in [1.165, 1.54) is 10.9 Å². The molecule has 150 valence electrons. The Kier molecular flexibility index (Phi) is 4.84. The van der Waals surface area contributed by atoms with Crippen LogP contribution in [0.3, 0.4) is 0 Å². The van der Waals surface area contributed by atoms with Gasteiger partial charge in [-0.05, 0) is 46.2 Å². The van der Waals surface area contributed by atoms with Gasteiger partial charge in [-0.15, -0.1) is 0 Å². The van der Waals surface area contributed by atoms with Crippen molar-refractivity contribution in [3.05, 3.63) is 76.8 Å². The summed E-state index contributed by atoms with van der Waals surface area (Å²) in [6.45, 7) is 3.57. The second-order valence-electron chi connectivity index (χ2n) is 7.58.